The summed E-state index contributed by atoms with van der Waals surface area (Å²) in [5.41, 5.74) is 0.366. The number of rotatable bonds is 8. The van der Waals surface area contributed by atoms with E-state index < -0.39 is 10.0 Å². The second-order valence-corrected chi connectivity index (χ2v) is 5.41. The van der Waals surface area contributed by atoms with Crippen LogP contribution in [0.25, 0.3) is 0 Å². The zero-order valence-electron chi connectivity index (χ0n) is 10.6. The molecule has 1 N–H and O–H groups in total. The van der Waals surface area contributed by atoms with Gasteiger partial charge in [-0.1, -0.05) is 0 Å². The number of hydrogen-bond acceptors (Lipinski definition) is 5. The van der Waals surface area contributed by atoms with Crippen LogP contribution >= 0.6 is 0 Å². The van der Waals surface area contributed by atoms with E-state index in [9.17, 15) is 13.2 Å². The predicted molar refractivity (Wildman–Crippen MR) is 70.5 cm³/mol. The van der Waals surface area contributed by atoms with Crippen LogP contribution in [0.3, 0.4) is 0 Å². The first kappa shape index (κ1) is 15.5. The lowest BCUT2D eigenvalue weighted by Gasteiger charge is -2.06. The molecule has 1 aromatic carbocycles. The highest BCUT2D eigenvalue weighted by molar-refractivity contribution is 7.89. The van der Waals surface area contributed by atoms with Gasteiger partial charge in [0.25, 0.3) is 0 Å². The van der Waals surface area contributed by atoms with Crippen molar-refractivity contribution in [1.82, 2.24) is 4.72 Å². The first-order valence-electron chi connectivity index (χ1n) is 5.85. The molecule has 0 unspecified atom stereocenters. The summed E-state index contributed by atoms with van der Waals surface area (Å²) in [5, 5.41) is 0. The van der Waals surface area contributed by atoms with E-state index in [0.29, 0.717) is 31.9 Å². The van der Waals surface area contributed by atoms with E-state index in [0.717, 1.165) is 0 Å². The van der Waals surface area contributed by atoms with Crippen LogP contribution < -0.4 is 4.72 Å². The van der Waals surface area contributed by atoms with Gasteiger partial charge in [-0.2, -0.15) is 4.99 Å². The summed E-state index contributed by atoms with van der Waals surface area (Å²) in [6.07, 6.45) is 2.00. The van der Waals surface area contributed by atoms with Crippen molar-refractivity contribution in [2.75, 3.05) is 19.8 Å². The van der Waals surface area contributed by atoms with E-state index in [1.54, 1.807) is 0 Å². The van der Waals surface area contributed by atoms with Crippen LogP contribution in [0, 0.1) is 0 Å². The van der Waals surface area contributed by atoms with Crippen molar-refractivity contribution in [1.29, 1.82) is 0 Å². The first-order valence-corrected chi connectivity index (χ1v) is 7.34. The van der Waals surface area contributed by atoms with Gasteiger partial charge in [0.05, 0.1) is 10.6 Å². The van der Waals surface area contributed by atoms with E-state index in [-0.39, 0.29) is 4.90 Å². The van der Waals surface area contributed by atoms with Gasteiger partial charge in [-0.3, -0.25) is 0 Å². The summed E-state index contributed by atoms with van der Waals surface area (Å²) in [6.45, 7) is 3.33. The molecule has 0 aliphatic carbocycles. The molecule has 0 amide bonds. The maximum Gasteiger partial charge on any atom is 0.240 e. The third kappa shape index (κ3) is 5.32. The van der Waals surface area contributed by atoms with Crippen LogP contribution in [-0.2, 0) is 19.6 Å². The Morgan fingerprint density at radius 2 is 2.00 bits per heavy atom. The number of hydrogen-bond donors (Lipinski definition) is 1. The fourth-order valence-corrected chi connectivity index (χ4v) is 2.44. The quantitative estimate of drug-likeness (QED) is 0.444. The molecule has 104 valence electrons. The molecule has 6 nitrogen and oxygen atoms in total. The number of benzene rings is 1. The summed E-state index contributed by atoms with van der Waals surface area (Å²) in [7, 11) is -3.52. The highest BCUT2D eigenvalue weighted by Gasteiger charge is 2.12. The Kier molecular flexibility index (Phi) is 6.38. The molecule has 0 aliphatic heterocycles. The average Bonchev–Trinajstić information content (AvgIpc) is 2.39. The lowest BCUT2D eigenvalue weighted by Crippen LogP contribution is -2.25. The Hall–Kier alpha value is -1.53. The molecule has 0 aromatic heterocycles. The molecule has 19 heavy (non-hydrogen) atoms. The summed E-state index contributed by atoms with van der Waals surface area (Å²) in [6, 6.07) is 5.67. The maximum atomic E-state index is 11.9. The maximum absolute atomic E-state index is 11.9. The van der Waals surface area contributed by atoms with E-state index in [2.05, 4.69) is 9.71 Å². The Bertz CT molecular complexity index is 533. The Morgan fingerprint density at radius 3 is 2.58 bits per heavy atom. The van der Waals surface area contributed by atoms with E-state index in [4.69, 9.17) is 4.74 Å². The molecule has 7 heteroatoms. The summed E-state index contributed by atoms with van der Waals surface area (Å²) >= 11 is 0. The zero-order valence-corrected chi connectivity index (χ0v) is 11.4. The lowest BCUT2D eigenvalue weighted by molar-refractivity contribution is 0.146. The van der Waals surface area contributed by atoms with E-state index in [1.165, 1.54) is 30.3 Å². The second kappa shape index (κ2) is 7.81. The molecule has 0 fully saturated rings. The fourth-order valence-electron chi connectivity index (χ4n) is 1.36. The van der Waals surface area contributed by atoms with Crippen LogP contribution in [0.2, 0.25) is 0 Å². The fraction of sp³-hybridized carbons (Fsp3) is 0.417. The largest absolute Gasteiger partial charge is 0.382 e. The minimum Gasteiger partial charge on any atom is -0.382 e. The van der Waals surface area contributed by atoms with Crippen molar-refractivity contribution in [3.05, 3.63) is 24.3 Å². The minimum absolute atomic E-state index is 0.133. The summed E-state index contributed by atoms with van der Waals surface area (Å²) in [4.78, 5) is 13.6. The number of nitrogens with one attached hydrogen (secondary N) is 1. The molecule has 0 atom stereocenters. The van der Waals surface area contributed by atoms with Crippen LogP contribution in [0.4, 0.5) is 5.69 Å². The third-order valence-electron chi connectivity index (χ3n) is 2.28. The van der Waals surface area contributed by atoms with Gasteiger partial charge in [-0.25, -0.2) is 17.9 Å². The minimum atomic E-state index is -3.52. The molecule has 0 aliphatic rings. The highest BCUT2D eigenvalue weighted by Crippen LogP contribution is 2.15. The van der Waals surface area contributed by atoms with Gasteiger partial charge in [0, 0.05) is 19.8 Å². The molecule has 0 heterocycles. The Balaban J connectivity index is 2.59. The molecule has 0 radical (unpaired) electrons. The summed E-state index contributed by atoms with van der Waals surface area (Å²) in [5.74, 6) is 0. The molecule has 1 aromatic rings. The van der Waals surface area contributed by atoms with E-state index >= 15 is 0 Å². The van der Waals surface area contributed by atoms with Gasteiger partial charge in [0.1, 0.15) is 0 Å². The third-order valence-corrected chi connectivity index (χ3v) is 3.76. The van der Waals surface area contributed by atoms with Gasteiger partial charge < -0.3 is 4.74 Å². The number of carbonyl (C=O) groups excluding carboxylic acids is 1. The van der Waals surface area contributed by atoms with Crippen LogP contribution in [0.1, 0.15) is 13.3 Å². The van der Waals surface area contributed by atoms with Crippen LogP contribution in [0.15, 0.2) is 34.2 Å². The standard InChI is InChI=1S/C12H16N2O4S/c1-2-18-9-3-8-14-19(16,17)12-6-4-11(5-7-12)13-10-15/h4-7,14H,2-3,8-9H2,1H3. The zero-order chi connectivity index (χ0) is 14.1. The smallest absolute Gasteiger partial charge is 0.240 e. The molecular formula is C12H16N2O4S. The van der Waals surface area contributed by atoms with Crippen molar-refractivity contribution >= 4 is 21.8 Å². The van der Waals surface area contributed by atoms with Gasteiger partial charge in [-0.05, 0) is 37.6 Å². The number of sulfonamides is 1. The first-order chi connectivity index (χ1) is 9.10. The second-order valence-electron chi connectivity index (χ2n) is 3.65. The van der Waals surface area contributed by atoms with E-state index in [1.807, 2.05) is 6.92 Å². The number of nitrogens with zero attached hydrogens (tertiary/aromatic N) is 1. The predicted octanol–water partition coefficient (Wildman–Crippen LogP) is 1.36. The molecule has 0 saturated carbocycles. The van der Waals surface area contributed by atoms with Gasteiger partial charge in [-0.15, -0.1) is 0 Å². The highest BCUT2D eigenvalue weighted by atomic mass is 32.2. The monoisotopic (exact) mass is 284 g/mol. The molecular weight excluding hydrogens is 268 g/mol. The Labute approximate surface area is 112 Å². The molecule has 0 bridgehead atoms. The van der Waals surface area contributed by atoms with Crippen LogP contribution in [0.5, 0.6) is 0 Å². The van der Waals surface area contributed by atoms with Crippen molar-refractivity contribution in [2.24, 2.45) is 4.99 Å². The van der Waals surface area contributed by atoms with Crippen molar-refractivity contribution in [2.45, 2.75) is 18.2 Å². The normalized spacial score (nSPS) is 11.0. The number of isocyanates is 1. The van der Waals surface area contributed by atoms with Gasteiger partial charge >= 0.3 is 0 Å². The lowest BCUT2D eigenvalue weighted by atomic mass is 10.3. The molecule has 0 spiro atoms. The van der Waals surface area contributed by atoms with Crippen molar-refractivity contribution in [3.63, 3.8) is 0 Å². The van der Waals surface area contributed by atoms with Gasteiger partial charge in [0.2, 0.25) is 16.1 Å². The molecule has 0 saturated heterocycles. The molecule has 1 rings (SSSR count). The van der Waals surface area contributed by atoms with Crippen molar-refractivity contribution < 1.29 is 17.9 Å². The number of ether oxygens (including phenoxy) is 1. The van der Waals surface area contributed by atoms with Gasteiger partial charge in [0.15, 0.2) is 0 Å². The van der Waals surface area contributed by atoms with Crippen molar-refractivity contribution in [3.8, 4) is 0 Å². The number of aliphatic imine (C=N–C) groups is 1. The summed E-state index contributed by atoms with van der Waals surface area (Å²) < 4.78 is 31.3. The topological polar surface area (TPSA) is 84.8 Å². The average molecular weight is 284 g/mol. The van der Waals surface area contributed by atoms with Crippen LogP contribution in [-0.4, -0.2) is 34.3 Å². The Morgan fingerprint density at radius 1 is 1.32 bits per heavy atom. The SMILES string of the molecule is CCOCCCNS(=O)(=O)c1ccc(N=C=O)cc1.